The number of nitrogens with one attached hydrogen (secondary N) is 1. The monoisotopic (exact) mass is 401 g/mol. The van der Waals surface area contributed by atoms with Gasteiger partial charge in [0, 0.05) is 12.0 Å². The van der Waals surface area contributed by atoms with Gasteiger partial charge >= 0.3 is 0 Å². The van der Waals surface area contributed by atoms with Crippen LogP contribution in [0.2, 0.25) is 5.02 Å². The van der Waals surface area contributed by atoms with Crippen molar-refractivity contribution in [2.45, 2.75) is 30.7 Å². The molecule has 0 aliphatic carbocycles. The third-order valence-electron chi connectivity index (χ3n) is 2.47. The second-order valence-corrected chi connectivity index (χ2v) is 7.88. The maximum absolute atomic E-state index is 14.1. The number of amides is 1. The van der Waals surface area contributed by atoms with E-state index in [2.05, 4.69) is 20.7 Å². The number of anilines is 1. The van der Waals surface area contributed by atoms with E-state index in [9.17, 15) is 17.6 Å². The van der Waals surface area contributed by atoms with E-state index < -0.39 is 37.9 Å². The van der Waals surface area contributed by atoms with Crippen molar-refractivity contribution in [1.82, 2.24) is 4.72 Å². The van der Waals surface area contributed by atoms with Crippen molar-refractivity contribution < 1.29 is 17.6 Å². The first kappa shape index (κ1) is 18.1. The van der Waals surface area contributed by atoms with Crippen LogP contribution in [0, 0.1) is 5.82 Å². The minimum atomic E-state index is -4.27. The summed E-state index contributed by atoms with van der Waals surface area (Å²) < 4.78 is 40.8. The highest BCUT2D eigenvalue weighted by molar-refractivity contribution is 9.10. The van der Waals surface area contributed by atoms with Crippen LogP contribution in [0.3, 0.4) is 0 Å². The first-order chi connectivity index (χ1) is 9.37. The highest BCUT2D eigenvalue weighted by Gasteiger charge is 2.31. The average molecular weight is 403 g/mol. The topological polar surface area (TPSA) is 115 Å². The molecule has 0 heterocycles. The van der Waals surface area contributed by atoms with Gasteiger partial charge in [-0.3, -0.25) is 4.79 Å². The fourth-order valence-corrected chi connectivity index (χ4v) is 3.78. The molecule has 10 heteroatoms. The Morgan fingerprint density at radius 2 is 2.05 bits per heavy atom. The van der Waals surface area contributed by atoms with Gasteiger partial charge < -0.3 is 11.5 Å². The maximum atomic E-state index is 14.1. The molecule has 0 aliphatic heterocycles. The summed E-state index contributed by atoms with van der Waals surface area (Å²) in [6.07, 6.45) is -0.256. The van der Waals surface area contributed by atoms with Crippen molar-refractivity contribution in [2.24, 2.45) is 5.73 Å². The summed E-state index contributed by atoms with van der Waals surface area (Å²) in [5.41, 5.74) is 8.88. The van der Waals surface area contributed by atoms with Crippen LogP contribution in [0.4, 0.5) is 10.1 Å². The van der Waals surface area contributed by atoms with Crippen LogP contribution in [0.25, 0.3) is 0 Å². The fourth-order valence-electron chi connectivity index (χ4n) is 1.69. The number of rotatable bonds is 5. The molecule has 21 heavy (non-hydrogen) atoms. The molecule has 0 aliphatic rings. The van der Waals surface area contributed by atoms with Crippen LogP contribution in [0.5, 0.6) is 0 Å². The van der Waals surface area contributed by atoms with Gasteiger partial charge in [-0.1, -0.05) is 11.6 Å². The molecule has 118 valence electrons. The predicted molar refractivity (Wildman–Crippen MR) is 81.7 cm³/mol. The van der Waals surface area contributed by atoms with E-state index in [0.717, 1.165) is 6.07 Å². The summed E-state index contributed by atoms with van der Waals surface area (Å²) in [4.78, 5) is 10.2. The molecule has 6 nitrogen and oxygen atoms in total. The average Bonchev–Trinajstić information content (AvgIpc) is 2.27. The van der Waals surface area contributed by atoms with Crippen molar-refractivity contribution in [3.63, 3.8) is 0 Å². The van der Waals surface area contributed by atoms with Crippen LogP contribution in [0.15, 0.2) is 15.4 Å². The molecule has 1 rings (SSSR count). The molecule has 0 bridgehead atoms. The Morgan fingerprint density at radius 1 is 1.52 bits per heavy atom. The van der Waals surface area contributed by atoms with Gasteiger partial charge in [-0.15, -0.1) is 0 Å². The van der Waals surface area contributed by atoms with E-state index in [-0.39, 0.29) is 15.9 Å². The molecule has 0 aromatic heterocycles. The Labute approximate surface area is 135 Å². The lowest BCUT2D eigenvalue weighted by Crippen LogP contribution is -2.46. The zero-order chi connectivity index (χ0) is 16.6. The first-order valence-electron chi connectivity index (χ1n) is 5.62. The Balaban J connectivity index is 3.30. The van der Waals surface area contributed by atoms with Gasteiger partial charge in [0.15, 0.2) is 5.82 Å². The van der Waals surface area contributed by atoms with E-state index in [1.165, 1.54) is 13.8 Å². The Kier molecular flexibility index (Phi) is 5.25. The number of hydrogen-bond acceptors (Lipinski definition) is 4. The van der Waals surface area contributed by atoms with Crippen molar-refractivity contribution in [3.05, 3.63) is 21.4 Å². The smallest absolute Gasteiger partial charge is 0.244 e. The number of benzene rings is 1. The minimum Gasteiger partial charge on any atom is -0.395 e. The van der Waals surface area contributed by atoms with Gasteiger partial charge in [0.1, 0.15) is 4.90 Å². The third kappa shape index (κ3) is 4.29. The Bertz CT molecular complexity index is 694. The molecule has 1 amide bonds. The van der Waals surface area contributed by atoms with Crippen molar-refractivity contribution in [1.29, 1.82) is 0 Å². The standard InChI is InChI=1S/C11H14BrClFN3O3S/c1-11(2,4-7(15)18)17-21(19,20)6-3-5(13)8(12)10(16)9(6)14/h3,17H,4,16H2,1-2H3,(H2,15,18). The summed E-state index contributed by atoms with van der Waals surface area (Å²) in [5, 5.41) is -0.0537. The summed E-state index contributed by atoms with van der Waals surface area (Å²) in [6.45, 7) is 2.88. The Morgan fingerprint density at radius 3 is 2.52 bits per heavy atom. The molecule has 5 N–H and O–H groups in total. The molecular formula is C11H14BrClFN3O3S. The predicted octanol–water partition coefficient (Wildman–Crippen LogP) is 1.76. The van der Waals surface area contributed by atoms with E-state index in [0.29, 0.717) is 0 Å². The largest absolute Gasteiger partial charge is 0.395 e. The van der Waals surface area contributed by atoms with E-state index in [1.54, 1.807) is 0 Å². The molecule has 1 aromatic rings. The minimum absolute atomic E-state index is 0.0537. The number of halogens is 3. The van der Waals surface area contributed by atoms with Crippen molar-refractivity contribution >= 4 is 49.1 Å². The van der Waals surface area contributed by atoms with E-state index >= 15 is 0 Å². The third-order valence-corrected chi connectivity index (χ3v) is 5.55. The number of carbonyl (C=O) groups excluding carboxylic acids is 1. The van der Waals surface area contributed by atoms with Gasteiger partial charge in [0.2, 0.25) is 15.9 Å². The highest BCUT2D eigenvalue weighted by atomic mass is 79.9. The fraction of sp³-hybridized carbons (Fsp3) is 0.364. The number of sulfonamides is 1. The number of carbonyl (C=O) groups is 1. The lowest BCUT2D eigenvalue weighted by Gasteiger charge is -2.24. The second kappa shape index (κ2) is 6.07. The molecule has 0 radical (unpaired) electrons. The van der Waals surface area contributed by atoms with Crippen molar-refractivity contribution in [2.75, 3.05) is 5.73 Å². The van der Waals surface area contributed by atoms with Crippen LogP contribution >= 0.6 is 27.5 Å². The number of nitrogens with two attached hydrogens (primary N) is 2. The number of hydrogen-bond donors (Lipinski definition) is 3. The summed E-state index contributed by atoms with van der Waals surface area (Å²) in [6, 6.07) is 0.931. The molecule has 0 fully saturated rings. The van der Waals surface area contributed by atoms with Gasteiger partial charge in [0.25, 0.3) is 0 Å². The molecular weight excluding hydrogens is 389 g/mol. The lowest BCUT2D eigenvalue weighted by atomic mass is 10.0. The van der Waals surface area contributed by atoms with Gasteiger partial charge in [-0.25, -0.2) is 17.5 Å². The summed E-state index contributed by atoms with van der Waals surface area (Å²) >= 11 is 8.74. The molecule has 0 spiro atoms. The van der Waals surface area contributed by atoms with Gasteiger partial charge in [-0.05, 0) is 35.8 Å². The number of primary amides is 1. The molecule has 0 unspecified atom stereocenters. The quantitative estimate of drug-likeness (QED) is 0.514. The van der Waals surface area contributed by atoms with Crippen molar-refractivity contribution in [3.8, 4) is 0 Å². The SMILES string of the molecule is CC(C)(CC(N)=O)NS(=O)(=O)c1cc(Cl)c(Br)c(N)c1F. The highest BCUT2D eigenvalue weighted by Crippen LogP contribution is 2.35. The van der Waals surface area contributed by atoms with Gasteiger partial charge in [0.05, 0.1) is 15.2 Å². The Hall–Kier alpha value is -0.900. The molecule has 0 saturated heterocycles. The van der Waals surface area contributed by atoms with Crippen LogP contribution < -0.4 is 16.2 Å². The number of nitrogen functional groups attached to an aromatic ring is 1. The molecule has 0 saturated carbocycles. The zero-order valence-corrected chi connectivity index (χ0v) is 14.4. The summed E-state index contributed by atoms with van der Waals surface area (Å²) in [7, 11) is -4.27. The molecule has 0 atom stereocenters. The van der Waals surface area contributed by atoms with E-state index in [4.69, 9.17) is 23.1 Å². The lowest BCUT2D eigenvalue weighted by molar-refractivity contribution is -0.119. The van der Waals surface area contributed by atoms with Crippen LogP contribution in [0.1, 0.15) is 20.3 Å². The zero-order valence-electron chi connectivity index (χ0n) is 11.2. The molecule has 1 aromatic carbocycles. The summed E-state index contributed by atoms with van der Waals surface area (Å²) in [5.74, 6) is -1.83. The normalized spacial score (nSPS) is 12.4. The van der Waals surface area contributed by atoms with Gasteiger partial charge in [-0.2, -0.15) is 0 Å². The first-order valence-corrected chi connectivity index (χ1v) is 8.28. The van der Waals surface area contributed by atoms with Crippen LogP contribution in [-0.4, -0.2) is 19.9 Å². The second-order valence-electron chi connectivity index (χ2n) is 5.03. The van der Waals surface area contributed by atoms with Crippen LogP contribution in [-0.2, 0) is 14.8 Å². The maximum Gasteiger partial charge on any atom is 0.244 e. The van der Waals surface area contributed by atoms with E-state index in [1.807, 2.05) is 0 Å².